The Morgan fingerprint density at radius 1 is 1.24 bits per heavy atom. The number of likely N-dealkylation sites (N-methyl/N-ethyl adjacent to an activating group) is 1. The van der Waals surface area contributed by atoms with Gasteiger partial charge in [0.25, 0.3) is 11.6 Å². The van der Waals surface area contributed by atoms with E-state index >= 15 is 0 Å². The molecule has 2 aromatic rings. The third-order valence-corrected chi connectivity index (χ3v) is 6.21. The molecule has 0 saturated carbocycles. The van der Waals surface area contributed by atoms with Gasteiger partial charge < -0.3 is 9.80 Å². The summed E-state index contributed by atoms with van der Waals surface area (Å²) in [6, 6.07) is 5.72. The summed E-state index contributed by atoms with van der Waals surface area (Å²) in [5, 5.41) is 11.8. The first kappa shape index (κ1) is 21.2. The van der Waals surface area contributed by atoms with Crippen LogP contribution in [0, 0.1) is 10.1 Å². The van der Waals surface area contributed by atoms with Gasteiger partial charge in [0.1, 0.15) is 0 Å². The number of nitro benzene ring substituents is 1. The normalized spacial score (nSPS) is 14.8. The van der Waals surface area contributed by atoms with Crippen LogP contribution in [-0.4, -0.2) is 71.9 Å². The van der Waals surface area contributed by atoms with E-state index in [1.54, 1.807) is 23.3 Å². The second-order valence-corrected chi connectivity index (χ2v) is 8.31. The highest BCUT2D eigenvalue weighted by molar-refractivity contribution is 7.15. The number of anilines is 1. The molecule has 1 aliphatic rings. The molecule has 0 N–H and O–H groups in total. The van der Waals surface area contributed by atoms with Crippen LogP contribution in [0.5, 0.6) is 0 Å². The summed E-state index contributed by atoms with van der Waals surface area (Å²) in [7, 11) is 1.75. The lowest BCUT2D eigenvalue weighted by Gasteiger charge is -2.34. The molecule has 9 heteroatoms. The molecule has 1 saturated heterocycles. The van der Waals surface area contributed by atoms with Crippen LogP contribution in [0.25, 0.3) is 0 Å². The minimum Gasteiger partial charge on any atom is -0.346 e. The molecule has 29 heavy (non-hydrogen) atoms. The zero-order valence-electron chi connectivity index (χ0n) is 16.9. The number of thiazole rings is 1. The Morgan fingerprint density at radius 2 is 1.93 bits per heavy atom. The summed E-state index contributed by atoms with van der Waals surface area (Å²) in [5.41, 5.74) is 0.435. The van der Waals surface area contributed by atoms with E-state index in [0.717, 1.165) is 49.2 Å². The largest absolute Gasteiger partial charge is 0.346 e. The first-order valence-corrected chi connectivity index (χ1v) is 10.7. The van der Waals surface area contributed by atoms with Crippen molar-refractivity contribution in [3.63, 3.8) is 0 Å². The van der Waals surface area contributed by atoms with Crippen LogP contribution in [-0.2, 0) is 6.42 Å². The van der Waals surface area contributed by atoms with Crippen LogP contribution in [0.4, 0.5) is 10.8 Å². The Bertz CT molecular complexity index is 831. The average molecular weight is 418 g/mol. The molecule has 0 aliphatic carbocycles. The number of aromatic nitrogens is 1. The van der Waals surface area contributed by atoms with Crippen molar-refractivity contribution in [1.29, 1.82) is 0 Å². The van der Waals surface area contributed by atoms with Gasteiger partial charge in [0.05, 0.1) is 4.92 Å². The third kappa shape index (κ3) is 5.51. The van der Waals surface area contributed by atoms with Crippen molar-refractivity contribution >= 4 is 28.1 Å². The van der Waals surface area contributed by atoms with Crippen molar-refractivity contribution in [3.8, 4) is 0 Å². The molecule has 0 unspecified atom stereocenters. The molecule has 0 spiro atoms. The first-order chi connectivity index (χ1) is 14.0. The Hall–Kier alpha value is -2.52. The predicted octanol–water partition coefficient (Wildman–Crippen LogP) is 2.90. The van der Waals surface area contributed by atoms with Gasteiger partial charge in [0.15, 0.2) is 5.13 Å². The molecule has 3 rings (SSSR count). The molecule has 0 atom stereocenters. The lowest BCUT2D eigenvalue weighted by atomic mass is 10.2. The molecule has 1 aromatic heterocycles. The van der Waals surface area contributed by atoms with Gasteiger partial charge in [-0.05, 0) is 25.1 Å². The number of hydrogen-bond donors (Lipinski definition) is 0. The number of piperazine rings is 1. The summed E-state index contributed by atoms with van der Waals surface area (Å²) >= 11 is 1.69. The predicted molar refractivity (Wildman–Crippen MR) is 115 cm³/mol. The molecule has 1 aliphatic heterocycles. The van der Waals surface area contributed by atoms with Gasteiger partial charge >= 0.3 is 0 Å². The Morgan fingerprint density at radius 3 is 2.55 bits per heavy atom. The Balaban J connectivity index is 1.50. The van der Waals surface area contributed by atoms with E-state index in [2.05, 4.69) is 21.7 Å². The molecule has 0 radical (unpaired) electrons. The van der Waals surface area contributed by atoms with Gasteiger partial charge in [-0.3, -0.25) is 19.8 Å². The van der Waals surface area contributed by atoms with Crippen molar-refractivity contribution in [2.45, 2.75) is 19.8 Å². The van der Waals surface area contributed by atoms with Crippen LogP contribution >= 0.6 is 11.3 Å². The topological polar surface area (TPSA) is 82.8 Å². The lowest BCUT2D eigenvalue weighted by molar-refractivity contribution is -0.384. The highest BCUT2D eigenvalue weighted by Crippen LogP contribution is 2.24. The third-order valence-electron chi connectivity index (χ3n) is 5.09. The van der Waals surface area contributed by atoms with Crippen molar-refractivity contribution < 1.29 is 9.72 Å². The number of nitrogens with zero attached hydrogens (tertiary/aromatic N) is 5. The zero-order chi connectivity index (χ0) is 20.8. The summed E-state index contributed by atoms with van der Waals surface area (Å²) in [4.78, 5) is 35.0. The summed E-state index contributed by atoms with van der Waals surface area (Å²) < 4.78 is 0. The maximum absolute atomic E-state index is 12.5. The molecule has 1 aromatic carbocycles. The molecular formula is C20H27N5O3S. The number of rotatable bonds is 8. The van der Waals surface area contributed by atoms with Gasteiger partial charge in [0, 0.05) is 75.0 Å². The minimum atomic E-state index is -0.469. The maximum atomic E-state index is 12.5. The SMILES string of the molecule is CCCN1CCN(c2ncc(CCN(C)C(=O)c3ccc([N+](=O)[O-])cc3)s2)CC1. The fourth-order valence-corrected chi connectivity index (χ4v) is 4.31. The Labute approximate surface area is 174 Å². The fourth-order valence-electron chi connectivity index (χ4n) is 3.36. The number of benzene rings is 1. The number of carbonyl (C=O) groups is 1. The number of nitro groups is 1. The second-order valence-electron chi connectivity index (χ2n) is 7.22. The van der Waals surface area contributed by atoms with E-state index in [4.69, 9.17) is 0 Å². The van der Waals surface area contributed by atoms with E-state index in [1.807, 2.05) is 6.20 Å². The molecule has 1 fully saturated rings. The quantitative estimate of drug-likeness (QED) is 0.485. The van der Waals surface area contributed by atoms with Crippen LogP contribution in [0.1, 0.15) is 28.6 Å². The first-order valence-electron chi connectivity index (χ1n) is 9.90. The number of carbonyl (C=O) groups excluding carboxylic acids is 1. The van der Waals surface area contributed by atoms with Gasteiger partial charge in [-0.1, -0.05) is 6.92 Å². The van der Waals surface area contributed by atoms with E-state index in [9.17, 15) is 14.9 Å². The van der Waals surface area contributed by atoms with Crippen molar-refractivity contribution in [3.05, 3.63) is 51.0 Å². The van der Waals surface area contributed by atoms with Crippen molar-refractivity contribution in [1.82, 2.24) is 14.8 Å². The van der Waals surface area contributed by atoms with E-state index < -0.39 is 4.92 Å². The molecule has 8 nitrogen and oxygen atoms in total. The zero-order valence-corrected chi connectivity index (χ0v) is 17.7. The van der Waals surface area contributed by atoms with E-state index in [0.29, 0.717) is 12.1 Å². The summed E-state index contributed by atoms with van der Waals surface area (Å²) in [5.74, 6) is -0.142. The smallest absolute Gasteiger partial charge is 0.269 e. The fraction of sp³-hybridized carbons (Fsp3) is 0.500. The molecule has 1 amide bonds. The van der Waals surface area contributed by atoms with Crippen molar-refractivity contribution in [2.75, 3.05) is 51.2 Å². The second kappa shape index (κ2) is 9.80. The number of amides is 1. The monoisotopic (exact) mass is 417 g/mol. The summed E-state index contributed by atoms with van der Waals surface area (Å²) in [6.45, 7) is 8.11. The number of hydrogen-bond acceptors (Lipinski definition) is 7. The standard InChI is InChI=1S/C20H27N5O3S/c1-3-9-23-11-13-24(14-12-23)20-21-15-18(29-20)8-10-22(2)19(26)16-4-6-17(7-5-16)25(27)28/h4-7,15H,3,8-14H2,1-2H3. The van der Waals surface area contributed by atoms with Crippen LogP contribution in [0.2, 0.25) is 0 Å². The molecular weight excluding hydrogens is 390 g/mol. The van der Waals surface area contributed by atoms with Crippen molar-refractivity contribution in [2.24, 2.45) is 0 Å². The maximum Gasteiger partial charge on any atom is 0.269 e. The molecule has 0 bridgehead atoms. The van der Waals surface area contributed by atoms with E-state index in [-0.39, 0.29) is 11.6 Å². The Kier molecular flexibility index (Phi) is 7.16. The van der Waals surface area contributed by atoms with Crippen LogP contribution in [0.3, 0.4) is 0 Å². The highest BCUT2D eigenvalue weighted by Gasteiger charge is 2.19. The van der Waals surface area contributed by atoms with Gasteiger partial charge in [0.2, 0.25) is 0 Å². The van der Waals surface area contributed by atoms with Gasteiger partial charge in [-0.2, -0.15) is 0 Å². The van der Waals surface area contributed by atoms with E-state index in [1.165, 1.54) is 30.7 Å². The molecule has 2 heterocycles. The number of non-ortho nitro benzene ring substituents is 1. The van der Waals surface area contributed by atoms with Gasteiger partial charge in [-0.15, -0.1) is 11.3 Å². The minimum absolute atomic E-state index is 0.0167. The van der Waals surface area contributed by atoms with Crippen LogP contribution < -0.4 is 4.90 Å². The van der Waals surface area contributed by atoms with Gasteiger partial charge in [-0.25, -0.2) is 4.98 Å². The molecule has 156 valence electrons. The summed E-state index contributed by atoms with van der Waals surface area (Å²) in [6.07, 6.45) is 3.83. The lowest BCUT2D eigenvalue weighted by Crippen LogP contribution is -2.46. The average Bonchev–Trinajstić information content (AvgIpc) is 3.21. The van der Waals surface area contributed by atoms with Crippen LogP contribution in [0.15, 0.2) is 30.5 Å². The highest BCUT2D eigenvalue weighted by atomic mass is 32.1.